The van der Waals surface area contributed by atoms with Crippen molar-refractivity contribution in [2.45, 2.75) is 26.3 Å². The molecule has 0 radical (unpaired) electrons. The van der Waals surface area contributed by atoms with Gasteiger partial charge >= 0.3 is 0 Å². The third kappa shape index (κ3) is 1.88. The lowest BCUT2D eigenvalue weighted by Crippen LogP contribution is -2.27. The molecule has 0 saturated carbocycles. The largest absolute Gasteiger partial charge is 0.367 e. The molecule has 1 heterocycles. The van der Waals surface area contributed by atoms with Crippen molar-refractivity contribution in [3.63, 3.8) is 0 Å². The van der Waals surface area contributed by atoms with Gasteiger partial charge in [-0.15, -0.1) is 0 Å². The monoisotopic (exact) mass is 218 g/mol. The molecule has 0 N–H and O–H groups in total. The van der Waals surface area contributed by atoms with E-state index >= 15 is 0 Å². The van der Waals surface area contributed by atoms with E-state index in [2.05, 4.69) is 24.8 Å². The predicted octanol–water partition coefficient (Wildman–Crippen LogP) is 2.93. The molecular weight excluding hydrogens is 203 g/mol. The van der Waals surface area contributed by atoms with Gasteiger partial charge in [0.1, 0.15) is 11.9 Å². The topological polar surface area (TPSA) is 27.0 Å². The van der Waals surface area contributed by atoms with Gasteiger partial charge in [-0.1, -0.05) is 6.92 Å². The Hall–Kier alpha value is -1.56. The Bertz CT molecular complexity index is 436. The molecule has 0 spiro atoms. The smallest absolute Gasteiger partial charge is 0.124 e. The van der Waals surface area contributed by atoms with Gasteiger partial charge in [0.15, 0.2) is 0 Å². The van der Waals surface area contributed by atoms with Crippen LogP contribution in [0.25, 0.3) is 0 Å². The Morgan fingerprint density at radius 1 is 1.44 bits per heavy atom. The van der Waals surface area contributed by atoms with E-state index in [0.29, 0.717) is 17.5 Å². The Morgan fingerprint density at radius 2 is 2.19 bits per heavy atom. The normalized spacial score (nSPS) is 24.5. The quantitative estimate of drug-likeness (QED) is 0.724. The van der Waals surface area contributed by atoms with E-state index < -0.39 is 0 Å². The summed E-state index contributed by atoms with van der Waals surface area (Å²) < 4.78 is 13.0. The second-order valence-corrected chi connectivity index (χ2v) is 4.62. The van der Waals surface area contributed by atoms with Crippen molar-refractivity contribution in [1.82, 2.24) is 0 Å². The van der Waals surface area contributed by atoms with Gasteiger partial charge in [-0.3, -0.25) is 0 Å². The van der Waals surface area contributed by atoms with Gasteiger partial charge in [0.05, 0.1) is 11.3 Å². The fourth-order valence-electron chi connectivity index (χ4n) is 2.48. The molecule has 0 aliphatic carbocycles. The van der Waals surface area contributed by atoms with Crippen LogP contribution >= 0.6 is 0 Å². The third-order valence-corrected chi connectivity index (χ3v) is 3.17. The molecule has 1 aliphatic rings. The fourth-order valence-corrected chi connectivity index (χ4v) is 2.48. The molecule has 84 valence electrons. The SMILES string of the molecule is CC1CC(C)N(c2ccc(F)cc2C#N)C1. The summed E-state index contributed by atoms with van der Waals surface area (Å²) in [5.41, 5.74) is 1.29. The van der Waals surface area contributed by atoms with Gasteiger partial charge in [0.2, 0.25) is 0 Å². The minimum Gasteiger partial charge on any atom is -0.367 e. The lowest BCUT2D eigenvalue weighted by atomic mass is 10.1. The summed E-state index contributed by atoms with van der Waals surface area (Å²) in [6.45, 7) is 5.29. The maximum absolute atomic E-state index is 13.0. The molecule has 0 bridgehead atoms. The standard InChI is InChI=1S/C13H15FN2/c1-9-5-10(2)16(8-9)13-4-3-12(14)6-11(13)7-15/h3-4,6,9-10H,5,8H2,1-2H3. The number of benzene rings is 1. The maximum atomic E-state index is 13.0. The number of anilines is 1. The van der Waals surface area contributed by atoms with Crippen LogP contribution in [0.4, 0.5) is 10.1 Å². The first-order valence-corrected chi connectivity index (χ1v) is 5.58. The molecule has 2 rings (SSSR count). The van der Waals surface area contributed by atoms with Crippen LogP contribution < -0.4 is 4.90 Å². The van der Waals surface area contributed by atoms with Crippen molar-refractivity contribution in [2.75, 3.05) is 11.4 Å². The molecule has 2 nitrogen and oxygen atoms in total. The molecule has 1 fully saturated rings. The molecule has 2 atom stereocenters. The van der Waals surface area contributed by atoms with Crippen LogP contribution in [0.15, 0.2) is 18.2 Å². The summed E-state index contributed by atoms with van der Waals surface area (Å²) in [6, 6.07) is 6.93. The van der Waals surface area contributed by atoms with E-state index in [9.17, 15) is 4.39 Å². The van der Waals surface area contributed by atoms with E-state index in [4.69, 9.17) is 5.26 Å². The van der Waals surface area contributed by atoms with Gasteiger partial charge < -0.3 is 4.90 Å². The molecular formula is C13H15FN2. The highest BCUT2D eigenvalue weighted by Gasteiger charge is 2.27. The van der Waals surface area contributed by atoms with Crippen LogP contribution in [0, 0.1) is 23.1 Å². The molecule has 0 aromatic heterocycles. The van der Waals surface area contributed by atoms with E-state index in [1.807, 2.05) is 0 Å². The highest BCUT2D eigenvalue weighted by molar-refractivity contribution is 5.60. The van der Waals surface area contributed by atoms with Gasteiger partial charge in [-0.05, 0) is 37.5 Å². The molecule has 0 amide bonds. The first-order chi connectivity index (χ1) is 7.61. The van der Waals surface area contributed by atoms with Crippen molar-refractivity contribution < 1.29 is 4.39 Å². The molecule has 1 aliphatic heterocycles. The highest BCUT2D eigenvalue weighted by atomic mass is 19.1. The number of hydrogen-bond donors (Lipinski definition) is 0. The summed E-state index contributed by atoms with van der Waals surface area (Å²) in [5.74, 6) is 0.284. The third-order valence-electron chi connectivity index (χ3n) is 3.17. The number of nitriles is 1. The van der Waals surface area contributed by atoms with Crippen LogP contribution in [0.5, 0.6) is 0 Å². The molecule has 16 heavy (non-hydrogen) atoms. The molecule has 1 aromatic carbocycles. The van der Waals surface area contributed by atoms with Crippen molar-refractivity contribution in [3.8, 4) is 6.07 Å². The lowest BCUT2D eigenvalue weighted by Gasteiger charge is -2.24. The predicted molar refractivity (Wildman–Crippen MR) is 61.7 cm³/mol. The van der Waals surface area contributed by atoms with Crippen LogP contribution in [0.2, 0.25) is 0 Å². The van der Waals surface area contributed by atoms with E-state index in [-0.39, 0.29) is 5.82 Å². The second kappa shape index (κ2) is 4.13. The first kappa shape index (κ1) is 10.9. The number of rotatable bonds is 1. The minimum atomic E-state index is -0.347. The summed E-state index contributed by atoms with van der Waals surface area (Å²) in [5, 5.41) is 9.01. The van der Waals surface area contributed by atoms with Crippen LogP contribution in [-0.4, -0.2) is 12.6 Å². The average Bonchev–Trinajstić information content (AvgIpc) is 2.57. The lowest BCUT2D eigenvalue weighted by molar-refractivity contribution is 0.624. The zero-order valence-electron chi connectivity index (χ0n) is 9.57. The molecule has 1 saturated heterocycles. The summed E-state index contributed by atoms with van der Waals surface area (Å²) >= 11 is 0. The molecule has 2 unspecified atom stereocenters. The average molecular weight is 218 g/mol. The fraction of sp³-hybridized carbons (Fsp3) is 0.462. The minimum absolute atomic E-state index is 0.347. The Morgan fingerprint density at radius 3 is 2.75 bits per heavy atom. The summed E-state index contributed by atoms with van der Waals surface area (Å²) in [6.07, 6.45) is 1.13. The van der Waals surface area contributed by atoms with Gasteiger partial charge in [0.25, 0.3) is 0 Å². The summed E-state index contributed by atoms with van der Waals surface area (Å²) in [4.78, 5) is 2.20. The summed E-state index contributed by atoms with van der Waals surface area (Å²) in [7, 11) is 0. The maximum Gasteiger partial charge on any atom is 0.124 e. The Kier molecular flexibility index (Phi) is 2.82. The van der Waals surface area contributed by atoms with Crippen molar-refractivity contribution in [2.24, 2.45) is 5.92 Å². The second-order valence-electron chi connectivity index (χ2n) is 4.62. The van der Waals surface area contributed by atoms with Crippen molar-refractivity contribution >= 4 is 5.69 Å². The van der Waals surface area contributed by atoms with Crippen molar-refractivity contribution in [1.29, 1.82) is 5.26 Å². The Labute approximate surface area is 95.3 Å². The molecule has 1 aromatic rings. The van der Waals surface area contributed by atoms with Crippen LogP contribution in [0.3, 0.4) is 0 Å². The van der Waals surface area contributed by atoms with Gasteiger partial charge in [-0.25, -0.2) is 4.39 Å². The number of halogens is 1. The first-order valence-electron chi connectivity index (χ1n) is 5.58. The number of hydrogen-bond acceptors (Lipinski definition) is 2. The van der Waals surface area contributed by atoms with E-state index in [0.717, 1.165) is 18.7 Å². The zero-order valence-corrected chi connectivity index (χ0v) is 9.57. The highest BCUT2D eigenvalue weighted by Crippen LogP contribution is 2.31. The molecule has 3 heteroatoms. The van der Waals surface area contributed by atoms with Gasteiger partial charge in [-0.2, -0.15) is 5.26 Å². The van der Waals surface area contributed by atoms with E-state index in [1.165, 1.54) is 12.1 Å². The number of nitrogens with zero attached hydrogens (tertiary/aromatic N) is 2. The van der Waals surface area contributed by atoms with Crippen molar-refractivity contribution in [3.05, 3.63) is 29.6 Å². The van der Waals surface area contributed by atoms with Crippen LogP contribution in [-0.2, 0) is 0 Å². The van der Waals surface area contributed by atoms with Gasteiger partial charge in [0, 0.05) is 12.6 Å². The Balaban J connectivity index is 2.37. The van der Waals surface area contributed by atoms with E-state index in [1.54, 1.807) is 6.07 Å². The van der Waals surface area contributed by atoms with Crippen LogP contribution in [0.1, 0.15) is 25.8 Å². The zero-order chi connectivity index (χ0) is 11.7.